The number of hydrogen-bond acceptors (Lipinski definition) is 6. The highest BCUT2D eigenvalue weighted by Gasteiger charge is 2.46. The first kappa shape index (κ1) is 16.9. The molecule has 0 radical (unpaired) electrons. The standard InChI is InChI=1S/C14H25NO5/c1-4-5-8-20-12(16)9-15-7-6-14(10-15,11-18-2)13(17)19-3/h4-11H2,1-3H3. The van der Waals surface area contributed by atoms with Crippen molar-refractivity contribution in [1.82, 2.24) is 4.90 Å². The molecule has 0 bridgehead atoms. The Labute approximate surface area is 120 Å². The molecule has 6 heteroatoms. The molecule has 6 nitrogen and oxygen atoms in total. The lowest BCUT2D eigenvalue weighted by Crippen LogP contribution is -2.40. The molecule has 0 aromatic rings. The van der Waals surface area contributed by atoms with E-state index >= 15 is 0 Å². The smallest absolute Gasteiger partial charge is 0.320 e. The molecule has 0 spiro atoms. The van der Waals surface area contributed by atoms with Gasteiger partial charge in [0.25, 0.3) is 0 Å². The van der Waals surface area contributed by atoms with Crippen LogP contribution in [0.3, 0.4) is 0 Å². The van der Waals surface area contributed by atoms with Crippen LogP contribution in [0.4, 0.5) is 0 Å². The van der Waals surface area contributed by atoms with Gasteiger partial charge in [0.05, 0.1) is 26.9 Å². The molecular weight excluding hydrogens is 262 g/mol. The van der Waals surface area contributed by atoms with Crippen LogP contribution in [-0.2, 0) is 23.8 Å². The average molecular weight is 287 g/mol. The van der Waals surface area contributed by atoms with Crippen molar-refractivity contribution >= 4 is 11.9 Å². The Morgan fingerprint density at radius 3 is 2.65 bits per heavy atom. The highest BCUT2D eigenvalue weighted by molar-refractivity contribution is 5.78. The molecule has 0 aromatic heterocycles. The second kappa shape index (κ2) is 8.21. The Balaban J connectivity index is 2.47. The Kier molecular flexibility index (Phi) is 6.95. The van der Waals surface area contributed by atoms with Crippen LogP contribution in [0.2, 0.25) is 0 Å². The topological polar surface area (TPSA) is 65.1 Å². The molecule has 1 unspecified atom stereocenters. The second-order valence-electron chi connectivity index (χ2n) is 5.24. The fourth-order valence-electron chi connectivity index (χ4n) is 2.49. The van der Waals surface area contributed by atoms with Crippen molar-refractivity contribution < 1.29 is 23.8 Å². The molecule has 1 fully saturated rings. The van der Waals surface area contributed by atoms with Gasteiger partial charge in [-0.25, -0.2) is 0 Å². The van der Waals surface area contributed by atoms with Gasteiger partial charge in [0, 0.05) is 20.2 Å². The predicted octanol–water partition coefficient (Wildman–Crippen LogP) is 0.841. The molecule has 1 aliphatic heterocycles. The minimum atomic E-state index is -0.660. The molecular formula is C14H25NO5. The lowest BCUT2D eigenvalue weighted by Gasteiger charge is -2.25. The number of carbonyl (C=O) groups excluding carboxylic acids is 2. The summed E-state index contributed by atoms with van der Waals surface area (Å²) in [4.78, 5) is 25.5. The van der Waals surface area contributed by atoms with Crippen LogP contribution in [0.15, 0.2) is 0 Å². The zero-order valence-electron chi connectivity index (χ0n) is 12.6. The number of unbranched alkanes of at least 4 members (excludes halogenated alkanes) is 1. The first-order valence-corrected chi connectivity index (χ1v) is 7.03. The lowest BCUT2D eigenvalue weighted by molar-refractivity contribution is -0.156. The maximum absolute atomic E-state index is 11.9. The fourth-order valence-corrected chi connectivity index (χ4v) is 2.49. The summed E-state index contributed by atoms with van der Waals surface area (Å²) in [5.74, 6) is -0.516. The number of hydrogen-bond donors (Lipinski definition) is 0. The summed E-state index contributed by atoms with van der Waals surface area (Å²) >= 11 is 0. The van der Waals surface area contributed by atoms with E-state index in [0.717, 1.165) is 12.8 Å². The van der Waals surface area contributed by atoms with Gasteiger partial charge in [-0.1, -0.05) is 13.3 Å². The Hall–Kier alpha value is -1.14. The zero-order chi connectivity index (χ0) is 15.0. The molecule has 1 rings (SSSR count). The molecule has 20 heavy (non-hydrogen) atoms. The van der Waals surface area contributed by atoms with Crippen LogP contribution in [-0.4, -0.2) is 63.9 Å². The largest absolute Gasteiger partial charge is 0.468 e. The summed E-state index contributed by atoms with van der Waals surface area (Å²) in [5.41, 5.74) is -0.660. The molecule has 0 N–H and O–H groups in total. The van der Waals surface area contributed by atoms with Gasteiger partial charge in [-0.3, -0.25) is 14.5 Å². The van der Waals surface area contributed by atoms with Crippen molar-refractivity contribution in [3.8, 4) is 0 Å². The van der Waals surface area contributed by atoms with Gasteiger partial charge in [-0.2, -0.15) is 0 Å². The number of methoxy groups -OCH3 is 2. The van der Waals surface area contributed by atoms with Crippen molar-refractivity contribution in [1.29, 1.82) is 0 Å². The highest BCUT2D eigenvalue weighted by atomic mass is 16.5. The van der Waals surface area contributed by atoms with Gasteiger partial charge in [-0.05, 0) is 12.8 Å². The number of esters is 2. The van der Waals surface area contributed by atoms with E-state index < -0.39 is 5.41 Å². The molecule has 1 heterocycles. The first-order valence-electron chi connectivity index (χ1n) is 7.03. The number of carbonyl (C=O) groups is 2. The van der Waals surface area contributed by atoms with Gasteiger partial charge < -0.3 is 14.2 Å². The average Bonchev–Trinajstić information content (AvgIpc) is 2.83. The van der Waals surface area contributed by atoms with Crippen LogP contribution in [0, 0.1) is 5.41 Å². The molecule has 0 saturated carbocycles. The fraction of sp³-hybridized carbons (Fsp3) is 0.857. The van der Waals surface area contributed by atoms with E-state index in [9.17, 15) is 9.59 Å². The van der Waals surface area contributed by atoms with Crippen LogP contribution >= 0.6 is 0 Å². The Morgan fingerprint density at radius 2 is 2.05 bits per heavy atom. The number of nitrogens with zero attached hydrogens (tertiary/aromatic N) is 1. The molecule has 116 valence electrons. The third-order valence-corrected chi connectivity index (χ3v) is 3.59. The Bertz CT molecular complexity index is 334. The van der Waals surface area contributed by atoms with Gasteiger partial charge in [-0.15, -0.1) is 0 Å². The van der Waals surface area contributed by atoms with E-state index in [1.807, 2.05) is 11.8 Å². The van der Waals surface area contributed by atoms with Crippen LogP contribution in [0.1, 0.15) is 26.2 Å². The van der Waals surface area contributed by atoms with Gasteiger partial charge in [0.2, 0.25) is 0 Å². The number of ether oxygens (including phenoxy) is 3. The lowest BCUT2D eigenvalue weighted by atomic mass is 9.88. The van der Waals surface area contributed by atoms with E-state index in [0.29, 0.717) is 32.7 Å². The van der Waals surface area contributed by atoms with Crippen molar-refractivity contribution in [3.05, 3.63) is 0 Å². The zero-order valence-corrected chi connectivity index (χ0v) is 12.6. The van der Waals surface area contributed by atoms with Crippen molar-refractivity contribution in [2.24, 2.45) is 5.41 Å². The quantitative estimate of drug-likeness (QED) is 0.487. The van der Waals surface area contributed by atoms with Crippen molar-refractivity contribution in [2.75, 3.05) is 47.1 Å². The molecule has 0 aliphatic carbocycles. The molecule has 1 saturated heterocycles. The minimum Gasteiger partial charge on any atom is -0.468 e. The normalized spacial score (nSPS) is 22.8. The third kappa shape index (κ3) is 4.45. The second-order valence-corrected chi connectivity index (χ2v) is 5.24. The summed E-state index contributed by atoms with van der Waals surface area (Å²) in [6.07, 6.45) is 2.51. The molecule has 0 aromatic carbocycles. The van der Waals surface area contributed by atoms with Crippen molar-refractivity contribution in [3.63, 3.8) is 0 Å². The van der Waals surface area contributed by atoms with Crippen LogP contribution in [0.25, 0.3) is 0 Å². The van der Waals surface area contributed by atoms with E-state index in [4.69, 9.17) is 14.2 Å². The van der Waals surface area contributed by atoms with Gasteiger partial charge >= 0.3 is 11.9 Å². The van der Waals surface area contributed by atoms with Crippen molar-refractivity contribution in [2.45, 2.75) is 26.2 Å². The van der Waals surface area contributed by atoms with Gasteiger partial charge in [0.15, 0.2) is 0 Å². The first-order chi connectivity index (χ1) is 9.57. The van der Waals surface area contributed by atoms with E-state index in [1.54, 1.807) is 7.11 Å². The summed E-state index contributed by atoms with van der Waals surface area (Å²) in [6, 6.07) is 0. The summed E-state index contributed by atoms with van der Waals surface area (Å²) in [5, 5.41) is 0. The predicted molar refractivity (Wildman–Crippen MR) is 73.2 cm³/mol. The highest BCUT2D eigenvalue weighted by Crippen LogP contribution is 2.32. The summed E-state index contributed by atoms with van der Waals surface area (Å²) in [6.45, 7) is 4.16. The summed E-state index contributed by atoms with van der Waals surface area (Å²) in [7, 11) is 2.94. The number of likely N-dealkylation sites (tertiary alicyclic amines) is 1. The van der Waals surface area contributed by atoms with Gasteiger partial charge in [0.1, 0.15) is 5.41 Å². The number of rotatable bonds is 8. The SMILES string of the molecule is CCCCOC(=O)CN1CCC(COC)(C(=O)OC)C1. The molecule has 0 amide bonds. The molecule has 1 atom stereocenters. The summed E-state index contributed by atoms with van der Waals surface area (Å²) < 4.78 is 15.1. The van der Waals surface area contributed by atoms with E-state index in [1.165, 1.54) is 7.11 Å². The maximum atomic E-state index is 11.9. The van der Waals surface area contributed by atoms with E-state index in [2.05, 4.69) is 0 Å². The Morgan fingerprint density at radius 1 is 1.30 bits per heavy atom. The van der Waals surface area contributed by atoms with Crippen LogP contribution in [0.5, 0.6) is 0 Å². The molecule has 1 aliphatic rings. The minimum absolute atomic E-state index is 0.214. The third-order valence-electron chi connectivity index (χ3n) is 3.59. The van der Waals surface area contributed by atoms with E-state index in [-0.39, 0.29) is 18.5 Å². The maximum Gasteiger partial charge on any atom is 0.320 e. The monoisotopic (exact) mass is 287 g/mol. The van der Waals surface area contributed by atoms with Crippen LogP contribution < -0.4 is 0 Å².